The summed E-state index contributed by atoms with van der Waals surface area (Å²) in [6.45, 7) is 9.63. The molecule has 3 nitrogen and oxygen atoms in total. The summed E-state index contributed by atoms with van der Waals surface area (Å²) in [5, 5.41) is 3.44. The van der Waals surface area contributed by atoms with Crippen LogP contribution in [0.25, 0.3) is 0 Å². The average molecular weight is 215 g/mol. The predicted molar refractivity (Wildman–Crippen MR) is 62.9 cm³/mol. The molecule has 0 radical (unpaired) electrons. The van der Waals surface area contributed by atoms with Gasteiger partial charge in [-0.3, -0.25) is 4.79 Å². The molecule has 1 N–H and O–H groups in total. The van der Waals surface area contributed by atoms with E-state index in [4.69, 9.17) is 4.74 Å². The highest BCUT2D eigenvalue weighted by molar-refractivity contribution is 5.70. The molecule has 90 valence electrons. The van der Waals surface area contributed by atoms with Gasteiger partial charge in [0.15, 0.2) is 0 Å². The molecular weight excluding hydrogens is 190 g/mol. The number of carbonyl (C=O) groups is 1. The van der Waals surface area contributed by atoms with E-state index < -0.39 is 0 Å². The third-order valence-corrected chi connectivity index (χ3v) is 2.44. The monoisotopic (exact) mass is 215 g/mol. The number of hydrogen-bond acceptors (Lipinski definition) is 3. The van der Waals surface area contributed by atoms with Crippen LogP contribution in [0.3, 0.4) is 0 Å². The second kappa shape index (κ2) is 7.69. The second-order valence-electron chi connectivity index (χ2n) is 4.22. The topological polar surface area (TPSA) is 38.3 Å². The molecule has 0 aromatic carbocycles. The highest BCUT2D eigenvalue weighted by atomic mass is 16.5. The minimum atomic E-state index is -0.100. The van der Waals surface area contributed by atoms with Crippen LogP contribution >= 0.6 is 0 Å². The van der Waals surface area contributed by atoms with E-state index in [9.17, 15) is 4.79 Å². The third kappa shape index (κ3) is 6.50. The van der Waals surface area contributed by atoms with E-state index in [1.54, 1.807) is 0 Å². The molecule has 0 aromatic rings. The molecule has 0 bridgehead atoms. The zero-order valence-corrected chi connectivity index (χ0v) is 10.6. The van der Waals surface area contributed by atoms with Crippen LogP contribution in [0.1, 0.15) is 53.4 Å². The third-order valence-electron chi connectivity index (χ3n) is 2.44. The zero-order valence-electron chi connectivity index (χ0n) is 10.6. The maximum atomic E-state index is 11.4. The van der Waals surface area contributed by atoms with E-state index in [2.05, 4.69) is 26.1 Å². The number of hydrogen-bond donors (Lipinski definition) is 1. The van der Waals surface area contributed by atoms with Gasteiger partial charge in [-0.1, -0.05) is 20.3 Å². The van der Waals surface area contributed by atoms with Crippen LogP contribution in [0.15, 0.2) is 0 Å². The Hall–Kier alpha value is -0.570. The molecule has 0 spiro atoms. The van der Waals surface area contributed by atoms with Gasteiger partial charge in [0.05, 0.1) is 13.0 Å². The highest BCUT2D eigenvalue weighted by Gasteiger charge is 2.26. The van der Waals surface area contributed by atoms with Crippen LogP contribution in [0, 0.1) is 0 Å². The van der Waals surface area contributed by atoms with Crippen molar-refractivity contribution >= 4 is 5.97 Å². The van der Waals surface area contributed by atoms with Crippen molar-refractivity contribution in [2.45, 2.75) is 58.9 Å². The highest BCUT2D eigenvalue weighted by Crippen LogP contribution is 2.17. The lowest BCUT2D eigenvalue weighted by atomic mass is 9.92. The molecule has 0 saturated heterocycles. The first-order valence-electron chi connectivity index (χ1n) is 5.98. The Labute approximate surface area is 93.6 Å². The molecular formula is C12H25NO2. The van der Waals surface area contributed by atoms with Crippen molar-refractivity contribution in [1.82, 2.24) is 5.32 Å². The molecule has 0 saturated carbocycles. The summed E-state index contributed by atoms with van der Waals surface area (Å²) in [6.07, 6.45) is 3.63. The van der Waals surface area contributed by atoms with Crippen molar-refractivity contribution in [3.63, 3.8) is 0 Å². The first-order valence-corrected chi connectivity index (χ1v) is 5.98. The number of nitrogens with one attached hydrogen (secondary N) is 1. The Balaban J connectivity index is 4.16. The van der Waals surface area contributed by atoms with Crippen molar-refractivity contribution in [3.8, 4) is 0 Å². The summed E-state index contributed by atoms with van der Waals surface area (Å²) < 4.78 is 4.98. The van der Waals surface area contributed by atoms with Gasteiger partial charge in [0.25, 0.3) is 0 Å². The Morgan fingerprint density at radius 2 is 1.93 bits per heavy atom. The zero-order chi connectivity index (χ0) is 11.7. The summed E-state index contributed by atoms with van der Waals surface area (Å²) in [6, 6.07) is 0. The number of carbonyl (C=O) groups excluding carboxylic acids is 1. The van der Waals surface area contributed by atoms with Crippen molar-refractivity contribution in [3.05, 3.63) is 0 Å². The standard InChI is InChI=1S/C12H25NO2/c1-5-8-12(4,13-9-6-2)10-11(14)15-7-3/h13H,5-10H2,1-4H3. The molecule has 15 heavy (non-hydrogen) atoms. The van der Waals surface area contributed by atoms with E-state index in [1.807, 2.05) is 6.92 Å². The van der Waals surface area contributed by atoms with Crippen LogP contribution in [-0.2, 0) is 9.53 Å². The molecule has 0 rings (SSSR count). The molecule has 0 aliphatic heterocycles. The Kier molecular flexibility index (Phi) is 7.39. The quantitative estimate of drug-likeness (QED) is 0.632. The fourth-order valence-electron chi connectivity index (χ4n) is 1.75. The van der Waals surface area contributed by atoms with Gasteiger partial charge in [0.2, 0.25) is 0 Å². The van der Waals surface area contributed by atoms with Gasteiger partial charge in [-0.2, -0.15) is 0 Å². The van der Waals surface area contributed by atoms with Crippen molar-refractivity contribution in [2.24, 2.45) is 0 Å². The molecule has 0 aliphatic rings. The molecule has 0 fully saturated rings. The van der Waals surface area contributed by atoms with Gasteiger partial charge < -0.3 is 10.1 Å². The normalized spacial score (nSPS) is 14.7. The lowest BCUT2D eigenvalue weighted by Gasteiger charge is -2.29. The molecule has 3 heteroatoms. The summed E-state index contributed by atoms with van der Waals surface area (Å²) >= 11 is 0. The lowest BCUT2D eigenvalue weighted by molar-refractivity contribution is -0.144. The number of rotatable bonds is 8. The minimum Gasteiger partial charge on any atom is -0.466 e. The first-order chi connectivity index (χ1) is 7.08. The van der Waals surface area contributed by atoms with Gasteiger partial charge in [-0.15, -0.1) is 0 Å². The summed E-state index contributed by atoms with van der Waals surface area (Å²) in [5.41, 5.74) is -0.100. The number of esters is 1. The second-order valence-corrected chi connectivity index (χ2v) is 4.22. The van der Waals surface area contributed by atoms with Gasteiger partial charge in [0.1, 0.15) is 0 Å². The Morgan fingerprint density at radius 3 is 2.40 bits per heavy atom. The van der Waals surface area contributed by atoms with Gasteiger partial charge >= 0.3 is 5.97 Å². The van der Waals surface area contributed by atoms with E-state index in [0.29, 0.717) is 13.0 Å². The van der Waals surface area contributed by atoms with Crippen LogP contribution in [0.5, 0.6) is 0 Å². The van der Waals surface area contributed by atoms with E-state index in [-0.39, 0.29) is 11.5 Å². The maximum absolute atomic E-state index is 11.4. The summed E-state index contributed by atoms with van der Waals surface area (Å²) in [5.74, 6) is -0.1000. The van der Waals surface area contributed by atoms with Crippen LogP contribution in [-0.4, -0.2) is 24.7 Å². The molecule has 0 amide bonds. The Bertz CT molecular complexity index is 182. The Morgan fingerprint density at radius 1 is 1.27 bits per heavy atom. The summed E-state index contributed by atoms with van der Waals surface area (Å²) in [7, 11) is 0. The van der Waals surface area contributed by atoms with Crippen LogP contribution in [0.4, 0.5) is 0 Å². The molecule has 0 aliphatic carbocycles. The van der Waals surface area contributed by atoms with E-state index in [1.165, 1.54) is 0 Å². The van der Waals surface area contributed by atoms with E-state index in [0.717, 1.165) is 25.8 Å². The molecule has 0 heterocycles. The fourth-order valence-corrected chi connectivity index (χ4v) is 1.75. The van der Waals surface area contributed by atoms with Crippen LogP contribution in [0.2, 0.25) is 0 Å². The molecule has 1 unspecified atom stereocenters. The van der Waals surface area contributed by atoms with Gasteiger partial charge in [-0.05, 0) is 33.2 Å². The average Bonchev–Trinajstić information content (AvgIpc) is 2.15. The van der Waals surface area contributed by atoms with Crippen LogP contribution < -0.4 is 5.32 Å². The predicted octanol–water partition coefficient (Wildman–Crippen LogP) is 2.50. The fraction of sp³-hybridized carbons (Fsp3) is 0.917. The largest absolute Gasteiger partial charge is 0.466 e. The van der Waals surface area contributed by atoms with Crippen molar-refractivity contribution < 1.29 is 9.53 Å². The maximum Gasteiger partial charge on any atom is 0.307 e. The van der Waals surface area contributed by atoms with Crippen molar-refractivity contribution in [2.75, 3.05) is 13.2 Å². The van der Waals surface area contributed by atoms with Gasteiger partial charge in [-0.25, -0.2) is 0 Å². The molecule has 1 atom stereocenters. The first kappa shape index (κ1) is 14.4. The smallest absolute Gasteiger partial charge is 0.307 e. The summed E-state index contributed by atoms with van der Waals surface area (Å²) in [4.78, 5) is 11.4. The van der Waals surface area contributed by atoms with E-state index >= 15 is 0 Å². The van der Waals surface area contributed by atoms with Gasteiger partial charge in [0, 0.05) is 5.54 Å². The molecule has 0 aromatic heterocycles. The van der Waals surface area contributed by atoms with Crippen molar-refractivity contribution in [1.29, 1.82) is 0 Å². The lowest BCUT2D eigenvalue weighted by Crippen LogP contribution is -2.44. The minimum absolute atomic E-state index is 0.1000. The number of ether oxygens (including phenoxy) is 1. The SMILES string of the molecule is CCCNC(C)(CCC)CC(=O)OCC.